The van der Waals surface area contributed by atoms with Crippen LogP contribution in [0.15, 0.2) is 57.9 Å². The minimum atomic E-state index is -3.81. The molecule has 1 amide bonds. The van der Waals surface area contributed by atoms with E-state index in [-0.39, 0.29) is 49.2 Å². The van der Waals surface area contributed by atoms with Crippen molar-refractivity contribution in [1.82, 2.24) is 19.3 Å². The summed E-state index contributed by atoms with van der Waals surface area (Å²) in [4.78, 5) is 18.3. The minimum absolute atomic E-state index is 0.0185. The zero-order valence-electron chi connectivity index (χ0n) is 17.8. The number of ether oxygens (including phenoxy) is 1. The van der Waals surface area contributed by atoms with Crippen LogP contribution in [0.25, 0.3) is 11.4 Å². The van der Waals surface area contributed by atoms with Crippen LogP contribution in [0, 0.1) is 18.3 Å². The molecule has 3 aromatic rings. The van der Waals surface area contributed by atoms with E-state index >= 15 is 0 Å². The summed E-state index contributed by atoms with van der Waals surface area (Å²) < 4.78 is 37.7. The summed E-state index contributed by atoms with van der Waals surface area (Å²) in [7, 11) is -3.81. The molecule has 2 aromatic carbocycles. The van der Waals surface area contributed by atoms with E-state index in [0.29, 0.717) is 17.5 Å². The molecule has 0 bridgehead atoms. The third-order valence-corrected chi connectivity index (χ3v) is 7.18. The van der Waals surface area contributed by atoms with E-state index in [0.717, 1.165) is 5.56 Å². The van der Waals surface area contributed by atoms with E-state index in [1.807, 2.05) is 6.07 Å². The van der Waals surface area contributed by atoms with E-state index < -0.39 is 10.0 Å². The third-order valence-electron chi connectivity index (χ3n) is 5.22. The summed E-state index contributed by atoms with van der Waals surface area (Å²) >= 11 is 0. The number of amides is 1. The maximum absolute atomic E-state index is 12.9. The van der Waals surface area contributed by atoms with Crippen LogP contribution in [0.1, 0.15) is 11.5 Å². The SMILES string of the molecule is Cc1nc(-c2ccc(OCC(=O)N3CCN(S(=O)(=O)c4ccccc4C#N)CC3)cc2)no1. The molecule has 1 aromatic heterocycles. The number of nitrogens with zero attached hydrogens (tertiary/aromatic N) is 5. The quantitative estimate of drug-likeness (QED) is 0.537. The van der Waals surface area contributed by atoms with Gasteiger partial charge < -0.3 is 14.2 Å². The van der Waals surface area contributed by atoms with Crippen LogP contribution in [0.2, 0.25) is 0 Å². The first kappa shape index (κ1) is 22.4. The van der Waals surface area contributed by atoms with Gasteiger partial charge in [0.1, 0.15) is 11.8 Å². The standard InChI is InChI=1S/C22H21N5O5S/c1-16-24-22(25-32-16)17-6-8-19(9-7-17)31-15-21(28)26-10-12-27(13-11-26)33(29,30)20-5-3-2-4-18(20)14-23/h2-9H,10-13,15H2,1H3. The van der Waals surface area contributed by atoms with Crippen molar-refractivity contribution in [2.45, 2.75) is 11.8 Å². The zero-order valence-corrected chi connectivity index (χ0v) is 18.7. The summed E-state index contributed by atoms with van der Waals surface area (Å²) in [5.74, 6) is 1.22. The highest BCUT2D eigenvalue weighted by atomic mass is 32.2. The topological polar surface area (TPSA) is 130 Å². The van der Waals surface area contributed by atoms with Crippen molar-refractivity contribution in [3.05, 3.63) is 60.0 Å². The molecule has 4 rings (SSSR count). The Morgan fingerprint density at radius 1 is 1.12 bits per heavy atom. The lowest BCUT2D eigenvalue weighted by molar-refractivity contribution is -0.134. The van der Waals surface area contributed by atoms with Crippen molar-refractivity contribution < 1.29 is 22.5 Å². The average Bonchev–Trinajstić information content (AvgIpc) is 3.29. The molecule has 1 aliphatic heterocycles. The molecule has 0 atom stereocenters. The largest absolute Gasteiger partial charge is 0.484 e. The van der Waals surface area contributed by atoms with Gasteiger partial charge in [0.2, 0.25) is 21.7 Å². The third kappa shape index (κ3) is 4.87. The van der Waals surface area contributed by atoms with Gasteiger partial charge in [0.15, 0.2) is 6.61 Å². The fourth-order valence-electron chi connectivity index (χ4n) is 3.45. The maximum Gasteiger partial charge on any atom is 0.260 e. The van der Waals surface area contributed by atoms with Gasteiger partial charge in [-0.05, 0) is 36.4 Å². The predicted molar refractivity (Wildman–Crippen MR) is 116 cm³/mol. The number of piperazine rings is 1. The van der Waals surface area contributed by atoms with E-state index in [1.165, 1.54) is 16.4 Å². The van der Waals surface area contributed by atoms with Gasteiger partial charge in [0, 0.05) is 38.7 Å². The van der Waals surface area contributed by atoms with Gasteiger partial charge in [0.05, 0.1) is 10.5 Å². The number of benzene rings is 2. The van der Waals surface area contributed by atoms with Gasteiger partial charge in [-0.25, -0.2) is 8.42 Å². The Bertz CT molecular complexity index is 1290. The number of rotatable bonds is 6. The van der Waals surface area contributed by atoms with Crippen LogP contribution in [0.3, 0.4) is 0 Å². The van der Waals surface area contributed by atoms with Gasteiger partial charge in [-0.3, -0.25) is 4.79 Å². The Labute approximate surface area is 191 Å². The molecule has 0 aliphatic carbocycles. The number of carbonyl (C=O) groups is 1. The van der Waals surface area contributed by atoms with E-state index in [2.05, 4.69) is 10.1 Å². The highest BCUT2D eigenvalue weighted by Crippen LogP contribution is 2.22. The first-order valence-corrected chi connectivity index (χ1v) is 11.6. The molecular weight excluding hydrogens is 446 g/mol. The highest BCUT2D eigenvalue weighted by Gasteiger charge is 2.31. The smallest absolute Gasteiger partial charge is 0.260 e. The predicted octanol–water partition coefficient (Wildman–Crippen LogP) is 1.83. The summed E-state index contributed by atoms with van der Waals surface area (Å²) in [6.07, 6.45) is 0. The molecule has 2 heterocycles. The van der Waals surface area contributed by atoms with Crippen LogP contribution in [0.5, 0.6) is 5.75 Å². The Morgan fingerprint density at radius 2 is 1.82 bits per heavy atom. The molecule has 1 fully saturated rings. The Morgan fingerprint density at radius 3 is 2.45 bits per heavy atom. The maximum atomic E-state index is 12.9. The molecule has 170 valence electrons. The van der Waals surface area contributed by atoms with Gasteiger partial charge in [-0.15, -0.1) is 0 Å². The first-order valence-electron chi connectivity index (χ1n) is 10.2. The van der Waals surface area contributed by atoms with Crippen LogP contribution < -0.4 is 4.74 Å². The Kier molecular flexibility index (Phi) is 6.39. The lowest BCUT2D eigenvalue weighted by Gasteiger charge is -2.34. The normalized spacial score (nSPS) is 14.6. The van der Waals surface area contributed by atoms with Crippen LogP contribution in [0.4, 0.5) is 0 Å². The van der Waals surface area contributed by atoms with Crippen LogP contribution in [-0.4, -0.2) is 66.5 Å². The van der Waals surface area contributed by atoms with Crippen molar-refractivity contribution in [2.24, 2.45) is 0 Å². The van der Waals surface area contributed by atoms with Crippen molar-refractivity contribution in [3.63, 3.8) is 0 Å². The first-order chi connectivity index (χ1) is 15.9. The van der Waals surface area contributed by atoms with Gasteiger partial charge >= 0.3 is 0 Å². The molecule has 33 heavy (non-hydrogen) atoms. The Balaban J connectivity index is 1.31. The second-order valence-corrected chi connectivity index (χ2v) is 9.25. The number of sulfonamides is 1. The van der Waals surface area contributed by atoms with Crippen molar-refractivity contribution in [3.8, 4) is 23.2 Å². The average molecular weight is 468 g/mol. The van der Waals surface area contributed by atoms with Crippen molar-refractivity contribution in [2.75, 3.05) is 32.8 Å². The van der Waals surface area contributed by atoms with Gasteiger partial charge in [-0.2, -0.15) is 14.6 Å². The summed E-state index contributed by atoms with van der Waals surface area (Å²) in [5, 5.41) is 13.1. The van der Waals surface area contributed by atoms with Crippen LogP contribution in [-0.2, 0) is 14.8 Å². The van der Waals surface area contributed by atoms with Crippen molar-refractivity contribution in [1.29, 1.82) is 5.26 Å². The number of aryl methyl sites for hydroxylation is 1. The second-order valence-electron chi connectivity index (χ2n) is 7.34. The van der Waals surface area contributed by atoms with Gasteiger partial charge in [0.25, 0.3) is 5.91 Å². The second kappa shape index (κ2) is 9.40. The lowest BCUT2D eigenvalue weighted by Crippen LogP contribution is -2.51. The molecule has 1 aliphatic rings. The summed E-state index contributed by atoms with van der Waals surface area (Å²) in [6, 6.07) is 15.0. The van der Waals surface area contributed by atoms with Gasteiger partial charge in [-0.1, -0.05) is 17.3 Å². The fraction of sp³-hybridized carbons (Fsp3) is 0.273. The molecule has 0 N–H and O–H groups in total. The highest BCUT2D eigenvalue weighted by molar-refractivity contribution is 7.89. The number of aromatic nitrogens is 2. The molecule has 10 nitrogen and oxygen atoms in total. The summed E-state index contributed by atoms with van der Waals surface area (Å²) in [5.41, 5.74) is 0.866. The molecule has 11 heteroatoms. The summed E-state index contributed by atoms with van der Waals surface area (Å²) in [6.45, 7) is 2.32. The van der Waals surface area contributed by atoms with E-state index in [4.69, 9.17) is 9.26 Å². The minimum Gasteiger partial charge on any atom is -0.484 e. The van der Waals surface area contributed by atoms with E-state index in [9.17, 15) is 18.5 Å². The monoisotopic (exact) mass is 467 g/mol. The molecule has 0 spiro atoms. The van der Waals surface area contributed by atoms with Crippen molar-refractivity contribution >= 4 is 15.9 Å². The number of hydrogen-bond acceptors (Lipinski definition) is 8. The number of carbonyl (C=O) groups excluding carboxylic acids is 1. The molecule has 0 radical (unpaired) electrons. The molecule has 0 saturated carbocycles. The van der Waals surface area contributed by atoms with E-state index in [1.54, 1.807) is 48.2 Å². The Hall–Kier alpha value is -3.75. The number of hydrogen-bond donors (Lipinski definition) is 0. The zero-order chi connectivity index (χ0) is 23.4. The van der Waals surface area contributed by atoms with Crippen LogP contribution >= 0.6 is 0 Å². The molecule has 0 unspecified atom stereocenters. The fourth-order valence-corrected chi connectivity index (χ4v) is 5.02. The molecular formula is C22H21N5O5S. The molecule has 1 saturated heterocycles. The lowest BCUT2D eigenvalue weighted by atomic mass is 10.2. The number of nitriles is 1.